The number of hydrogen-bond acceptors (Lipinski definition) is 3. The minimum atomic E-state index is -3.60. The molecular weight excluding hydrogens is 272 g/mol. The molecule has 0 heterocycles. The van der Waals surface area contributed by atoms with E-state index in [1.165, 1.54) is 0 Å². The zero-order chi connectivity index (χ0) is 15.0. The lowest BCUT2D eigenvalue weighted by atomic mass is 9.73. The fourth-order valence-electron chi connectivity index (χ4n) is 2.73. The van der Waals surface area contributed by atoms with Crippen molar-refractivity contribution in [1.29, 1.82) is 0 Å². The summed E-state index contributed by atoms with van der Waals surface area (Å²) in [6.45, 7) is 8.57. The summed E-state index contributed by atoms with van der Waals surface area (Å²) >= 11 is 0. The number of rotatable bonds is 4. The van der Waals surface area contributed by atoms with Gasteiger partial charge in [0.2, 0.25) is 0 Å². The van der Waals surface area contributed by atoms with E-state index in [9.17, 15) is 8.42 Å². The Morgan fingerprint density at radius 1 is 1.15 bits per heavy atom. The van der Waals surface area contributed by atoms with E-state index in [2.05, 4.69) is 20.8 Å². The van der Waals surface area contributed by atoms with Crippen molar-refractivity contribution in [3.8, 4) is 0 Å². The van der Waals surface area contributed by atoms with E-state index in [0.717, 1.165) is 24.8 Å². The molecule has 0 bridgehead atoms. The zero-order valence-corrected chi connectivity index (χ0v) is 13.5. The van der Waals surface area contributed by atoms with Crippen LogP contribution in [0.3, 0.4) is 0 Å². The van der Waals surface area contributed by atoms with Crippen molar-refractivity contribution in [2.75, 3.05) is 0 Å². The summed E-state index contributed by atoms with van der Waals surface area (Å²) in [7, 11) is -3.60. The molecule has 20 heavy (non-hydrogen) atoms. The van der Waals surface area contributed by atoms with E-state index in [-0.39, 0.29) is 11.0 Å². The van der Waals surface area contributed by atoms with Gasteiger partial charge in [-0.3, -0.25) is 4.18 Å². The Balaban J connectivity index is 1.90. The van der Waals surface area contributed by atoms with Crippen molar-refractivity contribution in [2.24, 2.45) is 11.3 Å². The van der Waals surface area contributed by atoms with Crippen LogP contribution in [0, 0.1) is 18.3 Å². The molecule has 0 N–H and O–H groups in total. The van der Waals surface area contributed by atoms with Crippen LogP contribution in [0.4, 0.5) is 0 Å². The SMILES string of the molecule is Cc1ccc(S(=O)(=O)OC2CC(CC(C)(C)C)C2)cc1. The van der Waals surface area contributed by atoms with Crippen LogP contribution in [0.15, 0.2) is 29.2 Å². The molecule has 1 aliphatic carbocycles. The number of hydrogen-bond donors (Lipinski definition) is 0. The monoisotopic (exact) mass is 296 g/mol. The van der Waals surface area contributed by atoms with Crippen LogP contribution in [0.25, 0.3) is 0 Å². The van der Waals surface area contributed by atoms with Crippen LogP contribution >= 0.6 is 0 Å². The second-order valence-electron chi connectivity index (χ2n) is 7.09. The molecule has 4 heteroatoms. The van der Waals surface area contributed by atoms with Gasteiger partial charge in [-0.2, -0.15) is 8.42 Å². The molecule has 1 aromatic rings. The Morgan fingerprint density at radius 2 is 1.70 bits per heavy atom. The summed E-state index contributed by atoms with van der Waals surface area (Å²) in [5.74, 6) is 0.591. The van der Waals surface area contributed by atoms with E-state index in [1.807, 2.05) is 6.92 Å². The van der Waals surface area contributed by atoms with Crippen molar-refractivity contribution in [3.05, 3.63) is 29.8 Å². The largest absolute Gasteiger partial charge is 0.297 e. The van der Waals surface area contributed by atoms with Gasteiger partial charge in [0.05, 0.1) is 11.0 Å². The van der Waals surface area contributed by atoms with Gasteiger partial charge >= 0.3 is 0 Å². The topological polar surface area (TPSA) is 43.4 Å². The highest BCUT2D eigenvalue weighted by Crippen LogP contribution is 2.39. The van der Waals surface area contributed by atoms with E-state index < -0.39 is 10.1 Å². The Bertz CT molecular complexity index is 546. The highest BCUT2D eigenvalue weighted by Gasteiger charge is 2.36. The maximum atomic E-state index is 12.1. The van der Waals surface area contributed by atoms with Crippen LogP contribution < -0.4 is 0 Å². The molecule has 1 aromatic carbocycles. The Labute approximate surface area is 122 Å². The standard InChI is InChI=1S/C16H24O3S/c1-12-5-7-15(8-6-12)20(17,18)19-14-9-13(10-14)11-16(2,3)4/h5-8,13-14H,9-11H2,1-4H3. The smallest absolute Gasteiger partial charge is 0.263 e. The molecule has 0 saturated heterocycles. The van der Waals surface area contributed by atoms with Crippen molar-refractivity contribution >= 4 is 10.1 Å². The van der Waals surface area contributed by atoms with Gasteiger partial charge in [-0.15, -0.1) is 0 Å². The Morgan fingerprint density at radius 3 is 2.20 bits per heavy atom. The molecule has 1 fully saturated rings. The summed E-state index contributed by atoms with van der Waals surface area (Å²) in [6.07, 6.45) is 2.68. The molecule has 0 atom stereocenters. The van der Waals surface area contributed by atoms with Gasteiger partial charge in [0.15, 0.2) is 0 Å². The second-order valence-corrected chi connectivity index (χ2v) is 8.66. The van der Waals surface area contributed by atoms with Crippen molar-refractivity contribution in [2.45, 2.75) is 58.0 Å². The number of aryl methyl sites for hydroxylation is 1. The van der Waals surface area contributed by atoms with E-state index in [1.54, 1.807) is 24.3 Å². The molecule has 0 aromatic heterocycles. The van der Waals surface area contributed by atoms with Crippen molar-refractivity contribution < 1.29 is 12.6 Å². The second kappa shape index (κ2) is 5.49. The van der Waals surface area contributed by atoms with Crippen LogP contribution in [-0.2, 0) is 14.3 Å². The number of benzene rings is 1. The predicted molar refractivity (Wildman–Crippen MR) is 80.0 cm³/mol. The van der Waals surface area contributed by atoms with Gasteiger partial charge in [-0.05, 0) is 49.7 Å². The molecule has 0 spiro atoms. The maximum absolute atomic E-state index is 12.1. The molecule has 0 amide bonds. The Hall–Kier alpha value is -0.870. The van der Waals surface area contributed by atoms with Gasteiger partial charge in [0.25, 0.3) is 10.1 Å². The third-order valence-electron chi connectivity index (χ3n) is 3.67. The van der Waals surface area contributed by atoms with Gasteiger partial charge < -0.3 is 0 Å². The molecule has 1 saturated carbocycles. The first kappa shape index (κ1) is 15.5. The summed E-state index contributed by atoms with van der Waals surface area (Å²) in [4.78, 5) is 0.252. The van der Waals surface area contributed by atoms with Crippen molar-refractivity contribution in [3.63, 3.8) is 0 Å². The lowest BCUT2D eigenvalue weighted by molar-refractivity contribution is 0.0487. The average molecular weight is 296 g/mol. The highest BCUT2D eigenvalue weighted by molar-refractivity contribution is 7.86. The molecule has 3 nitrogen and oxygen atoms in total. The van der Waals surface area contributed by atoms with Gasteiger partial charge in [-0.1, -0.05) is 38.5 Å². The molecule has 112 valence electrons. The van der Waals surface area contributed by atoms with Crippen molar-refractivity contribution in [1.82, 2.24) is 0 Å². The highest BCUT2D eigenvalue weighted by atomic mass is 32.2. The third kappa shape index (κ3) is 4.06. The molecule has 2 rings (SSSR count). The van der Waals surface area contributed by atoms with Gasteiger partial charge in [-0.25, -0.2) is 0 Å². The third-order valence-corrected chi connectivity index (χ3v) is 5.04. The normalized spacial score (nSPS) is 23.4. The molecule has 1 aliphatic rings. The molecule has 0 radical (unpaired) electrons. The minimum absolute atomic E-state index is 0.145. The first-order chi connectivity index (χ1) is 9.16. The van der Waals surface area contributed by atoms with Gasteiger partial charge in [0, 0.05) is 0 Å². The average Bonchev–Trinajstić information content (AvgIpc) is 2.24. The summed E-state index contributed by atoms with van der Waals surface area (Å²) in [5, 5.41) is 0. The van der Waals surface area contributed by atoms with Crippen LogP contribution in [0.5, 0.6) is 0 Å². The van der Waals surface area contributed by atoms with Crippen LogP contribution in [0.1, 0.15) is 45.6 Å². The van der Waals surface area contributed by atoms with E-state index in [4.69, 9.17) is 4.18 Å². The zero-order valence-electron chi connectivity index (χ0n) is 12.7. The van der Waals surface area contributed by atoms with E-state index in [0.29, 0.717) is 11.3 Å². The maximum Gasteiger partial charge on any atom is 0.297 e. The summed E-state index contributed by atoms with van der Waals surface area (Å²) < 4.78 is 29.5. The Kier molecular flexibility index (Phi) is 4.26. The van der Waals surface area contributed by atoms with E-state index >= 15 is 0 Å². The molecular formula is C16H24O3S. The molecule has 0 unspecified atom stereocenters. The quantitative estimate of drug-likeness (QED) is 0.791. The first-order valence-electron chi connectivity index (χ1n) is 7.16. The molecule has 0 aliphatic heterocycles. The van der Waals surface area contributed by atoms with Gasteiger partial charge in [0.1, 0.15) is 0 Å². The van der Waals surface area contributed by atoms with Crippen LogP contribution in [0.2, 0.25) is 0 Å². The fraction of sp³-hybridized carbons (Fsp3) is 0.625. The summed E-state index contributed by atoms with van der Waals surface area (Å²) in [6, 6.07) is 6.80. The first-order valence-corrected chi connectivity index (χ1v) is 8.56. The lowest BCUT2D eigenvalue weighted by Gasteiger charge is -2.38. The fourth-order valence-corrected chi connectivity index (χ4v) is 3.82. The lowest BCUT2D eigenvalue weighted by Crippen LogP contribution is -2.35. The minimum Gasteiger partial charge on any atom is -0.263 e. The van der Waals surface area contributed by atoms with Crippen LogP contribution in [-0.4, -0.2) is 14.5 Å². The predicted octanol–water partition coefficient (Wildman–Crippen LogP) is 3.92. The summed E-state index contributed by atoms with van der Waals surface area (Å²) in [5.41, 5.74) is 1.34.